The predicted molar refractivity (Wildman–Crippen MR) is 90.6 cm³/mol. The predicted octanol–water partition coefficient (Wildman–Crippen LogP) is -0.317. The molecule has 3 N–H and O–H groups in total. The molecule has 0 spiro atoms. The SMILES string of the molecule is COC[C@H]1O[C@@H](n2cnc3c(NC4CCOCC4)ncnc32)C(O)C1O. The van der Waals surface area contributed by atoms with Crippen LogP contribution in [0.5, 0.6) is 0 Å². The number of nitrogens with zero attached hydrogens (tertiary/aromatic N) is 4. The summed E-state index contributed by atoms with van der Waals surface area (Å²) in [5, 5.41) is 23.9. The molecular formula is C16H23N5O5. The molecule has 10 nitrogen and oxygen atoms in total. The lowest BCUT2D eigenvalue weighted by molar-refractivity contribution is -0.0580. The third-order valence-electron chi connectivity index (χ3n) is 4.86. The van der Waals surface area contributed by atoms with Gasteiger partial charge in [-0.3, -0.25) is 4.57 Å². The van der Waals surface area contributed by atoms with Crippen LogP contribution < -0.4 is 5.32 Å². The molecule has 0 radical (unpaired) electrons. The van der Waals surface area contributed by atoms with Crippen molar-refractivity contribution in [3.63, 3.8) is 0 Å². The molecule has 0 aliphatic carbocycles. The van der Waals surface area contributed by atoms with Crippen LogP contribution in [0.3, 0.4) is 0 Å². The number of rotatable bonds is 5. The summed E-state index contributed by atoms with van der Waals surface area (Å²) < 4.78 is 17.8. The average molecular weight is 365 g/mol. The molecule has 0 bridgehead atoms. The Morgan fingerprint density at radius 1 is 1.23 bits per heavy atom. The first-order valence-corrected chi connectivity index (χ1v) is 8.71. The van der Waals surface area contributed by atoms with Gasteiger partial charge in [-0.15, -0.1) is 0 Å². The summed E-state index contributed by atoms with van der Waals surface area (Å²) in [4.78, 5) is 13.0. The van der Waals surface area contributed by atoms with Crippen LogP contribution in [0.25, 0.3) is 11.2 Å². The Balaban J connectivity index is 1.60. The second kappa shape index (κ2) is 7.41. The second-order valence-electron chi connectivity index (χ2n) is 6.58. The van der Waals surface area contributed by atoms with Crippen molar-refractivity contribution in [3.8, 4) is 0 Å². The zero-order valence-electron chi connectivity index (χ0n) is 14.5. The Labute approximate surface area is 150 Å². The molecule has 2 aliphatic heterocycles. The average Bonchev–Trinajstić information content (AvgIpc) is 3.20. The summed E-state index contributed by atoms with van der Waals surface area (Å²) in [6, 6.07) is 0.272. The molecule has 26 heavy (non-hydrogen) atoms. The van der Waals surface area contributed by atoms with Gasteiger partial charge in [0.15, 0.2) is 23.2 Å². The minimum absolute atomic E-state index is 0.187. The number of hydrogen-bond donors (Lipinski definition) is 3. The number of methoxy groups -OCH3 is 1. The summed E-state index contributed by atoms with van der Waals surface area (Å²) in [5.74, 6) is 0.641. The van der Waals surface area contributed by atoms with Crippen LogP contribution in [0.1, 0.15) is 19.1 Å². The van der Waals surface area contributed by atoms with Gasteiger partial charge < -0.3 is 29.7 Å². The minimum Gasteiger partial charge on any atom is -0.387 e. The van der Waals surface area contributed by atoms with E-state index in [4.69, 9.17) is 14.2 Å². The van der Waals surface area contributed by atoms with E-state index in [1.807, 2.05) is 0 Å². The first kappa shape index (κ1) is 17.6. The zero-order chi connectivity index (χ0) is 18.1. The zero-order valence-corrected chi connectivity index (χ0v) is 14.5. The fourth-order valence-electron chi connectivity index (χ4n) is 3.44. The molecule has 4 rings (SSSR count). The number of fused-ring (bicyclic) bond motifs is 1. The van der Waals surface area contributed by atoms with Crippen molar-refractivity contribution in [2.24, 2.45) is 0 Å². The summed E-state index contributed by atoms with van der Waals surface area (Å²) in [6.07, 6.45) is 1.26. The third-order valence-corrected chi connectivity index (χ3v) is 4.86. The molecule has 2 fully saturated rings. The lowest BCUT2D eigenvalue weighted by atomic mass is 10.1. The summed E-state index contributed by atoms with van der Waals surface area (Å²) in [6.45, 7) is 1.63. The fourth-order valence-corrected chi connectivity index (χ4v) is 3.44. The smallest absolute Gasteiger partial charge is 0.167 e. The highest BCUT2D eigenvalue weighted by Crippen LogP contribution is 2.32. The van der Waals surface area contributed by atoms with Crippen molar-refractivity contribution < 1.29 is 24.4 Å². The monoisotopic (exact) mass is 365 g/mol. The number of ether oxygens (including phenoxy) is 3. The lowest BCUT2D eigenvalue weighted by Crippen LogP contribution is -2.33. The Morgan fingerprint density at radius 2 is 2.04 bits per heavy atom. The van der Waals surface area contributed by atoms with E-state index >= 15 is 0 Å². The van der Waals surface area contributed by atoms with Crippen molar-refractivity contribution in [2.75, 3.05) is 32.2 Å². The van der Waals surface area contributed by atoms with Crippen molar-refractivity contribution in [1.82, 2.24) is 19.5 Å². The Hall–Kier alpha value is -1.85. The highest BCUT2D eigenvalue weighted by Gasteiger charge is 2.44. The standard InChI is InChI=1S/C16H23N5O5/c1-24-6-10-12(22)13(23)16(26-10)21-8-19-11-14(17-7-18-15(11)21)20-9-2-4-25-5-3-9/h7-10,12-13,16,22-23H,2-6H2,1H3,(H,17,18,20)/t10-,12?,13?,16-/m1/s1. The van der Waals surface area contributed by atoms with Crippen molar-refractivity contribution in [3.05, 3.63) is 12.7 Å². The van der Waals surface area contributed by atoms with Gasteiger partial charge in [-0.05, 0) is 12.8 Å². The van der Waals surface area contributed by atoms with Crippen molar-refractivity contribution >= 4 is 17.0 Å². The van der Waals surface area contributed by atoms with Crippen LogP contribution in [0.4, 0.5) is 5.82 Å². The molecule has 0 aromatic carbocycles. The Bertz CT molecular complexity index is 750. The first-order chi connectivity index (χ1) is 12.7. The normalized spacial score (nSPS) is 30.1. The van der Waals surface area contributed by atoms with E-state index in [0.29, 0.717) is 17.0 Å². The van der Waals surface area contributed by atoms with Crippen LogP contribution in [0.15, 0.2) is 12.7 Å². The molecule has 0 saturated carbocycles. The Kier molecular flexibility index (Phi) is 5.00. The number of aliphatic hydroxyl groups excluding tert-OH is 2. The Morgan fingerprint density at radius 3 is 2.81 bits per heavy atom. The maximum absolute atomic E-state index is 10.4. The molecule has 10 heteroatoms. The van der Waals surface area contributed by atoms with Gasteiger partial charge in [0.1, 0.15) is 24.6 Å². The highest BCUT2D eigenvalue weighted by molar-refractivity contribution is 5.82. The van der Waals surface area contributed by atoms with E-state index in [-0.39, 0.29) is 12.6 Å². The number of imidazole rings is 1. The topological polar surface area (TPSA) is 124 Å². The van der Waals surface area contributed by atoms with Crippen LogP contribution in [0, 0.1) is 0 Å². The molecular weight excluding hydrogens is 342 g/mol. The van der Waals surface area contributed by atoms with Crippen molar-refractivity contribution in [2.45, 2.75) is 43.4 Å². The molecule has 0 amide bonds. The van der Waals surface area contributed by atoms with Gasteiger partial charge >= 0.3 is 0 Å². The third kappa shape index (κ3) is 3.14. The summed E-state index contributed by atoms with van der Waals surface area (Å²) in [7, 11) is 1.52. The first-order valence-electron chi connectivity index (χ1n) is 8.71. The van der Waals surface area contributed by atoms with Crippen LogP contribution in [-0.4, -0.2) is 81.0 Å². The number of anilines is 1. The molecule has 142 valence electrons. The van der Waals surface area contributed by atoms with E-state index in [9.17, 15) is 10.2 Å². The molecule has 2 aliphatic rings. The molecule has 2 unspecified atom stereocenters. The molecule has 2 aromatic heterocycles. The van der Waals surface area contributed by atoms with Gasteiger partial charge in [0.05, 0.1) is 12.9 Å². The van der Waals surface area contributed by atoms with Gasteiger partial charge in [0.25, 0.3) is 0 Å². The van der Waals surface area contributed by atoms with Gasteiger partial charge in [0.2, 0.25) is 0 Å². The van der Waals surface area contributed by atoms with E-state index in [1.165, 1.54) is 13.4 Å². The van der Waals surface area contributed by atoms with E-state index in [2.05, 4.69) is 20.3 Å². The fraction of sp³-hybridized carbons (Fsp3) is 0.688. The van der Waals surface area contributed by atoms with Crippen LogP contribution in [-0.2, 0) is 14.2 Å². The molecule has 4 atom stereocenters. The quantitative estimate of drug-likeness (QED) is 0.654. The maximum Gasteiger partial charge on any atom is 0.167 e. The molecule has 2 saturated heterocycles. The number of aromatic nitrogens is 4. The molecule has 4 heterocycles. The van der Waals surface area contributed by atoms with Gasteiger partial charge in [-0.2, -0.15) is 0 Å². The second-order valence-corrected chi connectivity index (χ2v) is 6.58. The highest BCUT2D eigenvalue weighted by atomic mass is 16.6. The van der Waals surface area contributed by atoms with Gasteiger partial charge in [-0.25, -0.2) is 15.0 Å². The summed E-state index contributed by atoms with van der Waals surface area (Å²) in [5.41, 5.74) is 1.13. The van der Waals surface area contributed by atoms with E-state index in [0.717, 1.165) is 26.1 Å². The minimum atomic E-state index is -1.10. The van der Waals surface area contributed by atoms with Crippen LogP contribution in [0.2, 0.25) is 0 Å². The number of hydrogen-bond acceptors (Lipinski definition) is 9. The lowest BCUT2D eigenvalue weighted by Gasteiger charge is -2.23. The maximum atomic E-state index is 10.4. The number of nitrogens with one attached hydrogen (secondary N) is 1. The molecule has 2 aromatic rings. The van der Waals surface area contributed by atoms with Crippen molar-refractivity contribution in [1.29, 1.82) is 0 Å². The summed E-state index contributed by atoms with van der Waals surface area (Å²) >= 11 is 0. The van der Waals surface area contributed by atoms with Gasteiger partial charge in [0, 0.05) is 26.4 Å². The number of aliphatic hydroxyl groups is 2. The largest absolute Gasteiger partial charge is 0.387 e. The van der Waals surface area contributed by atoms with E-state index in [1.54, 1.807) is 10.9 Å². The van der Waals surface area contributed by atoms with Crippen LogP contribution >= 0.6 is 0 Å². The van der Waals surface area contributed by atoms with E-state index < -0.39 is 24.5 Å². The van der Waals surface area contributed by atoms with Gasteiger partial charge in [-0.1, -0.05) is 0 Å².